The molecule has 1 saturated carbocycles. The molecule has 1 aromatic carbocycles. The predicted octanol–water partition coefficient (Wildman–Crippen LogP) is 2.65. The Morgan fingerprint density at radius 1 is 1.53 bits per heavy atom. The number of rotatable bonds is 4. The van der Waals surface area contributed by atoms with Crippen LogP contribution in [0.3, 0.4) is 0 Å². The van der Waals surface area contributed by atoms with Crippen LogP contribution in [0, 0.1) is 3.57 Å². The van der Waals surface area contributed by atoms with Crippen LogP contribution in [-0.2, 0) is 0 Å². The Labute approximate surface area is 122 Å². The molecule has 92 valence electrons. The molecule has 1 aliphatic rings. The number of benzene rings is 1. The first kappa shape index (κ1) is 13.3. The van der Waals surface area contributed by atoms with Crippen molar-refractivity contribution in [3.63, 3.8) is 0 Å². The lowest BCUT2D eigenvalue weighted by atomic mass is 10.2. The van der Waals surface area contributed by atoms with Gasteiger partial charge in [-0.3, -0.25) is 4.79 Å². The van der Waals surface area contributed by atoms with Gasteiger partial charge in [-0.05, 0) is 69.6 Å². The summed E-state index contributed by atoms with van der Waals surface area (Å²) in [5, 5.41) is 9.03. The Bertz CT molecular complexity index is 435. The second kappa shape index (κ2) is 5.67. The highest BCUT2D eigenvalue weighted by Crippen LogP contribution is 2.30. The van der Waals surface area contributed by atoms with E-state index in [0.29, 0.717) is 18.2 Å². The van der Waals surface area contributed by atoms with Gasteiger partial charge in [0.15, 0.2) is 0 Å². The Morgan fingerprint density at radius 3 is 2.82 bits per heavy atom. The maximum atomic E-state index is 12.4. The fourth-order valence-electron chi connectivity index (χ4n) is 1.76. The molecule has 1 fully saturated rings. The maximum absolute atomic E-state index is 12.4. The van der Waals surface area contributed by atoms with E-state index >= 15 is 0 Å². The number of hydrogen-bond acceptors (Lipinski definition) is 2. The quantitative estimate of drug-likeness (QED) is 0.776. The molecule has 1 N–H and O–H groups in total. The first-order valence-electron chi connectivity index (χ1n) is 5.50. The average molecular weight is 410 g/mol. The molecule has 0 unspecified atom stereocenters. The third-order valence-corrected chi connectivity index (χ3v) is 4.11. The summed E-state index contributed by atoms with van der Waals surface area (Å²) in [7, 11) is 0. The number of aliphatic hydroxyl groups excluding tert-OH is 1. The van der Waals surface area contributed by atoms with Gasteiger partial charge in [-0.15, -0.1) is 0 Å². The van der Waals surface area contributed by atoms with Gasteiger partial charge in [0.25, 0.3) is 5.91 Å². The summed E-state index contributed by atoms with van der Waals surface area (Å²) >= 11 is 5.60. The van der Waals surface area contributed by atoms with Crippen LogP contribution in [0.4, 0.5) is 0 Å². The van der Waals surface area contributed by atoms with Crippen LogP contribution < -0.4 is 0 Å². The molecule has 0 heterocycles. The summed E-state index contributed by atoms with van der Waals surface area (Å²) in [6, 6.07) is 6.03. The Morgan fingerprint density at radius 2 is 2.24 bits per heavy atom. The third kappa shape index (κ3) is 3.20. The smallest absolute Gasteiger partial charge is 0.255 e. The van der Waals surface area contributed by atoms with Gasteiger partial charge in [0, 0.05) is 20.6 Å². The van der Waals surface area contributed by atoms with Gasteiger partial charge >= 0.3 is 0 Å². The van der Waals surface area contributed by atoms with Crippen LogP contribution in [0.5, 0.6) is 0 Å². The largest absolute Gasteiger partial charge is 0.395 e. The molecule has 0 radical (unpaired) electrons. The molecule has 17 heavy (non-hydrogen) atoms. The topological polar surface area (TPSA) is 40.5 Å². The van der Waals surface area contributed by atoms with Crippen LogP contribution in [0.15, 0.2) is 22.7 Å². The van der Waals surface area contributed by atoms with Crippen molar-refractivity contribution in [3.8, 4) is 0 Å². The molecule has 0 atom stereocenters. The van der Waals surface area contributed by atoms with Gasteiger partial charge < -0.3 is 10.0 Å². The predicted molar refractivity (Wildman–Crippen MR) is 78.0 cm³/mol. The van der Waals surface area contributed by atoms with Crippen LogP contribution >= 0.6 is 38.5 Å². The Kier molecular flexibility index (Phi) is 4.43. The van der Waals surface area contributed by atoms with E-state index in [1.807, 2.05) is 18.2 Å². The van der Waals surface area contributed by atoms with Gasteiger partial charge in [-0.2, -0.15) is 0 Å². The van der Waals surface area contributed by atoms with E-state index in [0.717, 1.165) is 20.9 Å². The minimum atomic E-state index is 0.00643. The molecule has 5 heteroatoms. The molecule has 0 aliphatic heterocycles. The second-order valence-corrected chi connectivity index (χ2v) is 6.18. The summed E-state index contributed by atoms with van der Waals surface area (Å²) in [5.41, 5.74) is 0.678. The first-order valence-corrected chi connectivity index (χ1v) is 7.37. The maximum Gasteiger partial charge on any atom is 0.255 e. The number of aliphatic hydroxyl groups is 1. The highest BCUT2D eigenvalue weighted by atomic mass is 127. The summed E-state index contributed by atoms with van der Waals surface area (Å²) in [6.45, 7) is 0.436. The van der Waals surface area contributed by atoms with Gasteiger partial charge in [-0.1, -0.05) is 0 Å². The van der Waals surface area contributed by atoms with Crippen molar-refractivity contribution in [2.45, 2.75) is 18.9 Å². The lowest BCUT2D eigenvalue weighted by Gasteiger charge is -2.22. The van der Waals surface area contributed by atoms with Gasteiger partial charge in [-0.25, -0.2) is 0 Å². The number of nitrogens with zero attached hydrogens (tertiary/aromatic N) is 1. The van der Waals surface area contributed by atoms with E-state index < -0.39 is 0 Å². The molecule has 1 aromatic rings. The average Bonchev–Trinajstić information content (AvgIpc) is 3.12. The summed E-state index contributed by atoms with van der Waals surface area (Å²) in [6.07, 6.45) is 2.10. The Balaban J connectivity index is 2.24. The fraction of sp³-hybridized carbons (Fsp3) is 0.417. The Hall–Kier alpha value is -0.140. The summed E-state index contributed by atoms with van der Waals surface area (Å²) in [5.74, 6) is 0.00643. The van der Waals surface area contributed by atoms with E-state index in [2.05, 4.69) is 38.5 Å². The molecular formula is C12H13BrINO2. The zero-order valence-electron chi connectivity index (χ0n) is 9.20. The van der Waals surface area contributed by atoms with Gasteiger partial charge in [0.05, 0.1) is 12.2 Å². The van der Waals surface area contributed by atoms with Gasteiger partial charge in [0.2, 0.25) is 0 Å². The van der Waals surface area contributed by atoms with Crippen molar-refractivity contribution in [2.75, 3.05) is 13.2 Å². The minimum absolute atomic E-state index is 0.00643. The van der Waals surface area contributed by atoms with Crippen LogP contribution in [0.25, 0.3) is 0 Å². The van der Waals surface area contributed by atoms with Crippen LogP contribution in [0.1, 0.15) is 23.2 Å². The molecule has 0 bridgehead atoms. The molecule has 0 spiro atoms. The third-order valence-electron chi connectivity index (χ3n) is 2.75. The van der Waals surface area contributed by atoms with Crippen molar-refractivity contribution >= 4 is 44.4 Å². The van der Waals surface area contributed by atoms with Crippen molar-refractivity contribution < 1.29 is 9.90 Å². The highest BCUT2D eigenvalue weighted by Gasteiger charge is 2.33. The molecule has 0 saturated heterocycles. The number of halogens is 2. The number of amides is 1. The summed E-state index contributed by atoms with van der Waals surface area (Å²) in [4.78, 5) is 14.1. The second-order valence-electron chi connectivity index (χ2n) is 4.08. The van der Waals surface area contributed by atoms with Crippen molar-refractivity contribution in [3.05, 3.63) is 31.8 Å². The molecule has 1 aliphatic carbocycles. The normalized spacial score (nSPS) is 14.8. The summed E-state index contributed by atoms with van der Waals surface area (Å²) < 4.78 is 1.85. The fourth-order valence-corrected chi connectivity index (χ4v) is 2.67. The highest BCUT2D eigenvalue weighted by molar-refractivity contribution is 14.1. The van der Waals surface area contributed by atoms with Crippen molar-refractivity contribution in [2.24, 2.45) is 0 Å². The molecule has 2 rings (SSSR count). The lowest BCUT2D eigenvalue weighted by Crippen LogP contribution is -2.35. The SMILES string of the molecule is O=C(c1cc(I)ccc1Br)N(CCO)C1CC1. The number of hydrogen-bond donors (Lipinski definition) is 1. The van der Waals surface area contributed by atoms with E-state index in [1.54, 1.807) is 4.90 Å². The van der Waals surface area contributed by atoms with Crippen molar-refractivity contribution in [1.82, 2.24) is 4.90 Å². The monoisotopic (exact) mass is 409 g/mol. The van der Waals surface area contributed by atoms with Crippen LogP contribution in [0.2, 0.25) is 0 Å². The molecular weight excluding hydrogens is 397 g/mol. The van der Waals surface area contributed by atoms with E-state index in [9.17, 15) is 4.79 Å². The zero-order chi connectivity index (χ0) is 12.4. The lowest BCUT2D eigenvalue weighted by molar-refractivity contribution is 0.0706. The van der Waals surface area contributed by atoms with Crippen LogP contribution in [-0.4, -0.2) is 35.1 Å². The number of carbonyl (C=O) groups excluding carboxylic acids is 1. The van der Waals surface area contributed by atoms with Crippen molar-refractivity contribution in [1.29, 1.82) is 0 Å². The van der Waals surface area contributed by atoms with E-state index in [1.165, 1.54) is 0 Å². The molecule has 0 aromatic heterocycles. The van der Waals surface area contributed by atoms with E-state index in [4.69, 9.17) is 5.11 Å². The number of carbonyl (C=O) groups is 1. The first-order chi connectivity index (χ1) is 8.13. The standard InChI is InChI=1S/C12H13BrINO2/c13-11-4-1-8(14)7-10(11)12(17)15(5-6-16)9-2-3-9/h1,4,7,9,16H,2-3,5-6H2. The molecule has 3 nitrogen and oxygen atoms in total. The van der Waals surface area contributed by atoms with E-state index in [-0.39, 0.29) is 12.5 Å². The van der Waals surface area contributed by atoms with Gasteiger partial charge in [0.1, 0.15) is 0 Å². The molecule has 1 amide bonds. The zero-order valence-corrected chi connectivity index (χ0v) is 12.9. The minimum Gasteiger partial charge on any atom is -0.395 e.